The van der Waals surface area contributed by atoms with E-state index in [2.05, 4.69) is 30.4 Å². The number of nitrogens with zero attached hydrogens (tertiary/aromatic N) is 8. The first kappa shape index (κ1) is 18.2. The van der Waals surface area contributed by atoms with E-state index < -0.39 is 0 Å². The van der Waals surface area contributed by atoms with E-state index in [0.717, 1.165) is 35.9 Å². The first-order valence-electron chi connectivity index (χ1n) is 9.40. The average molecular weight is 383 g/mol. The minimum atomic E-state index is -0.0862. The highest BCUT2D eigenvalue weighted by molar-refractivity contribution is 5.75. The van der Waals surface area contributed by atoms with Gasteiger partial charge in [-0.2, -0.15) is 19.7 Å². The molecular weight excluding hydrogens is 358 g/mol. The van der Waals surface area contributed by atoms with Crippen LogP contribution in [0.15, 0.2) is 18.6 Å². The molecule has 1 atom stereocenters. The van der Waals surface area contributed by atoms with Crippen LogP contribution in [0, 0.1) is 13.8 Å². The predicted octanol–water partition coefficient (Wildman–Crippen LogP) is 1.07. The van der Waals surface area contributed by atoms with E-state index in [9.17, 15) is 4.79 Å². The summed E-state index contributed by atoms with van der Waals surface area (Å²) >= 11 is 0. The third-order valence-electron chi connectivity index (χ3n) is 5.33. The lowest BCUT2D eigenvalue weighted by Gasteiger charge is -2.36. The molecule has 28 heavy (non-hydrogen) atoms. The largest absolute Gasteiger partial charge is 0.353 e. The maximum absolute atomic E-state index is 12.7. The fourth-order valence-corrected chi connectivity index (χ4v) is 3.57. The van der Waals surface area contributed by atoms with Crippen molar-refractivity contribution in [3.63, 3.8) is 0 Å². The fourth-order valence-electron chi connectivity index (χ4n) is 3.57. The molecule has 4 heterocycles. The molecule has 148 valence electrons. The summed E-state index contributed by atoms with van der Waals surface area (Å²) in [5.74, 6) is 1.55. The molecule has 2 amide bonds. The topological polar surface area (TPSA) is 96.5 Å². The Bertz CT molecular complexity index is 1000. The number of piperazine rings is 1. The Labute approximate surface area is 163 Å². The van der Waals surface area contributed by atoms with Gasteiger partial charge in [0.1, 0.15) is 12.1 Å². The summed E-state index contributed by atoms with van der Waals surface area (Å²) in [5, 5.41) is 11.6. The number of carbonyl (C=O) groups is 1. The van der Waals surface area contributed by atoms with Crippen molar-refractivity contribution in [3.05, 3.63) is 35.5 Å². The highest BCUT2D eigenvalue weighted by atomic mass is 16.2. The number of aryl methyl sites for hydroxylation is 2. The molecule has 0 aromatic carbocycles. The summed E-state index contributed by atoms with van der Waals surface area (Å²) in [6.45, 7) is 8.68. The van der Waals surface area contributed by atoms with Crippen molar-refractivity contribution in [3.8, 4) is 0 Å². The number of fused-ring (bicyclic) bond motifs is 1. The van der Waals surface area contributed by atoms with Crippen molar-refractivity contribution >= 4 is 17.6 Å². The van der Waals surface area contributed by atoms with Crippen LogP contribution < -0.4 is 10.2 Å². The number of nitrogens with one attached hydrogen (secondary N) is 1. The van der Waals surface area contributed by atoms with Gasteiger partial charge in [0, 0.05) is 56.2 Å². The molecule has 3 aromatic rings. The Kier molecular flexibility index (Phi) is 4.62. The fraction of sp³-hybridized carbons (Fsp3) is 0.500. The standard InChI is InChI=1S/C18H25N9O/c1-12-9-16(27-17(22-12)19-11-21-27)25-5-7-26(8-6-25)18(28)23-13(2)15-10-20-24(4)14(15)3/h9-11,13H,5-8H2,1-4H3,(H,23,28)/t13-/m0/s1. The lowest BCUT2D eigenvalue weighted by atomic mass is 10.1. The van der Waals surface area contributed by atoms with E-state index in [4.69, 9.17) is 0 Å². The summed E-state index contributed by atoms with van der Waals surface area (Å²) in [6, 6.07) is 1.87. The van der Waals surface area contributed by atoms with Crippen molar-refractivity contribution in [1.29, 1.82) is 0 Å². The van der Waals surface area contributed by atoms with Gasteiger partial charge in [-0.15, -0.1) is 0 Å². The zero-order valence-corrected chi connectivity index (χ0v) is 16.6. The average Bonchev–Trinajstić information content (AvgIpc) is 3.28. The molecule has 0 bridgehead atoms. The Morgan fingerprint density at radius 2 is 1.93 bits per heavy atom. The Hall–Kier alpha value is -3.17. The van der Waals surface area contributed by atoms with Gasteiger partial charge in [0.25, 0.3) is 5.78 Å². The van der Waals surface area contributed by atoms with Gasteiger partial charge in [0.2, 0.25) is 0 Å². The minimum Gasteiger partial charge on any atom is -0.353 e. The highest BCUT2D eigenvalue weighted by Crippen LogP contribution is 2.19. The van der Waals surface area contributed by atoms with Crippen molar-refractivity contribution in [2.75, 3.05) is 31.1 Å². The van der Waals surface area contributed by atoms with Crippen LogP contribution in [0.4, 0.5) is 10.6 Å². The first-order valence-corrected chi connectivity index (χ1v) is 9.40. The van der Waals surface area contributed by atoms with E-state index in [-0.39, 0.29) is 12.1 Å². The van der Waals surface area contributed by atoms with E-state index in [1.54, 1.807) is 4.52 Å². The van der Waals surface area contributed by atoms with Crippen LogP contribution in [0.2, 0.25) is 0 Å². The van der Waals surface area contributed by atoms with Crippen LogP contribution in [0.1, 0.15) is 29.9 Å². The highest BCUT2D eigenvalue weighted by Gasteiger charge is 2.25. The molecule has 0 unspecified atom stereocenters. The molecule has 4 rings (SSSR count). The normalized spacial score (nSPS) is 15.9. The maximum atomic E-state index is 12.7. The van der Waals surface area contributed by atoms with Gasteiger partial charge in [-0.25, -0.2) is 9.78 Å². The minimum absolute atomic E-state index is 0.0489. The Balaban J connectivity index is 1.40. The summed E-state index contributed by atoms with van der Waals surface area (Å²) in [7, 11) is 1.90. The number of hydrogen-bond donors (Lipinski definition) is 1. The second-order valence-corrected chi connectivity index (χ2v) is 7.18. The van der Waals surface area contributed by atoms with Crippen molar-refractivity contribution in [2.24, 2.45) is 7.05 Å². The Morgan fingerprint density at radius 1 is 1.18 bits per heavy atom. The number of carbonyl (C=O) groups excluding carboxylic acids is 1. The number of rotatable bonds is 3. The molecule has 0 radical (unpaired) electrons. The van der Waals surface area contributed by atoms with Crippen LogP contribution in [0.3, 0.4) is 0 Å². The van der Waals surface area contributed by atoms with Crippen LogP contribution >= 0.6 is 0 Å². The Morgan fingerprint density at radius 3 is 2.61 bits per heavy atom. The molecule has 3 aromatic heterocycles. The summed E-state index contributed by atoms with van der Waals surface area (Å²) in [6.07, 6.45) is 3.32. The molecule has 0 aliphatic carbocycles. The molecular formula is C18H25N9O. The van der Waals surface area contributed by atoms with Crippen LogP contribution in [-0.4, -0.2) is 66.5 Å². The zero-order chi connectivity index (χ0) is 19.8. The van der Waals surface area contributed by atoms with Crippen LogP contribution in [0.5, 0.6) is 0 Å². The van der Waals surface area contributed by atoms with Crippen molar-refractivity contribution in [2.45, 2.75) is 26.8 Å². The molecule has 1 N–H and O–H groups in total. The van der Waals surface area contributed by atoms with E-state index in [1.165, 1.54) is 6.33 Å². The number of amides is 2. The zero-order valence-electron chi connectivity index (χ0n) is 16.6. The quantitative estimate of drug-likeness (QED) is 0.727. The SMILES string of the molecule is Cc1cc(N2CCN(C(=O)N[C@@H](C)c3cnn(C)c3C)CC2)n2ncnc2n1. The lowest BCUT2D eigenvalue weighted by Crippen LogP contribution is -2.52. The second kappa shape index (κ2) is 7.10. The number of anilines is 1. The predicted molar refractivity (Wildman–Crippen MR) is 104 cm³/mol. The van der Waals surface area contributed by atoms with E-state index in [0.29, 0.717) is 18.9 Å². The van der Waals surface area contributed by atoms with Crippen molar-refractivity contribution < 1.29 is 4.79 Å². The van der Waals surface area contributed by atoms with Gasteiger partial charge in [-0.1, -0.05) is 0 Å². The summed E-state index contributed by atoms with van der Waals surface area (Å²) in [5.41, 5.74) is 2.99. The lowest BCUT2D eigenvalue weighted by molar-refractivity contribution is 0.191. The third kappa shape index (κ3) is 3.25. The summed E-state index contributed by atoms with van der Waals surface area (Å²) < 4.78 is 3.56. The maximum Gasteiger partial charge on any atom is 0.317 e. The van der Waals surface area contributed by atoms with Crippen LogP contribution in [-0.2, 0) is 7.05 Å². The second-order valence-electron chi connectivity index (χ2n) is 7.18. The molecule has 1 aliphatic rings. The number of aromatic nitrogens is 6. The third-order valence-corrected chi connectivity index (χ3v) is 5.33. The van der Waals surface area contributed by atoms with Gasteiger partial charge in [-0.05, 0) is 20.8 Å². The number of hydrogen-bond acceptors (Lipinski definition) is 6. The molecule has 0 saturated carbocycles. The van der Waals surface area contributed by atoms with E-state index in [1.807, 2.05) is 49.7 Å². The smallest absolute Gasteiger partial charge is 0.317 e. The van der Waals surface area contributed by atoms with Gasteiger partial charge in [0.05, 0.1) is 12.2 Å². The molecule has 10 nitrogen and oxygen atoms in total. The summed E-state index contributed by atoms with van der Waals surface area (Å²) in [4.78, 5) is 25.3. The van der Waals surface area contributed by atoms with Gasteiger partial charge >= 0.3 is 6.03 Å². The van der Waals surface area contributed by atoms with Gasteiger partial charge < -0.3 is 15.1 Å². The monoisotopic (exact) mass is 383 g/mol. The van der Waals surface area contributed by atoms with E-state index >= 15 is 0 Å². The van der Waals surface area contributed by atoms with Crippen LogP contribution in [0.25, 0.3) is 5.78 Å². The molecule has 10 heteroatoms. The van der Waals surface area contributed by atoms with Gasteiger partial charge in [-0.3, -0.25) is 4.68 Å². The number of urea groups is 1. The molecule has 0 spiro atoms. The first-order chi connectivity index (χ1) is 13.4. The molecule has 1 fully saturated rings. The molecule has 1 aliphatic heterocycles. The molecule has 1 saturated heterocycles. The van der Waals surface area contributed by atoms with Gasteiger partial charge in [0.15, 0.2) is 0 Å². The van der Waals surface area contributed by atoms with Crippen molar-refractivity contribution in [1.82, 2.24) is 39.6 Å².